The summed E-state index contributed by atoms with van der Waals surface area (Å²) in [5.74, 6) is -0.730. The fraction of sp³-hybridized carbons (Fsp3) is 0.364. The molecule has 4 rings (SSSR count). The molecule has 1 heterocycles. The quantitative estimate of drug-likeness (QED) is 0.814. The minimum atomic E-state index is -0.790. The predicted molar refractivity (Wildman–Crippen MR) is 109 cm³/mol. The second-order valence-corrected chi connectivity index (χ2v) is 8.62. The first-order valence-corrected chi connectivity index (χ1v) is 9.82. The van der Waals surface area contributed by atoms with Gasteiger partial charge in [-0.25, -0.2) is 0 Å². The zero-order valence-corrected chi connectivity index (χ0v) is 16.9. The summed E-state index contributed by atoms with van der Waals surface area (Å²) in [4.78, 5) is 28.9. The van der Waals surface area contributed by atoms with Crippen LogP contribution in [-0.4, -0.2) is 42.3 Å². The van der Waals surface area contributed by atoms with E-state index in [2.05, 4.69) is 31.1 Å². The van der Waals surface area contributed by atoms with Crippen molar-refractivity contribution in [1.82, 2.24) is 9.80 Å². The number of nitrogens with two attached hydrogens (primary N) is 1. The van der Waals surface area contributed by atoms with Crippen molar-refractivity contribution in [3.05, 3.63) is 69.7 Å². The molecule has 0 bridgehead atoms. The summed E-state index contributed by atoms with van der Waals surface area (Å²) >= 11 is 6.08. The highest BCUT2D eigenvalue weighted by Gasteiger charge is 2.45. The van der Waals surface area contributed by atoms with Crippen LogP contribution < -0.4 is 5.73 Å². The van der Waals surface area contributed by atoms with Gasteiger partial charge in [0.25, 0.3) is 5.91 Å². The molecule has 1 fully saturated rings. The molecule has 146 valence electrons. The van der Waals surface area contributed by atoms with Gasteiger partial charge < -0.3 is 15.5 Å². The molecule has 6 heteroatoms. The average molecular weight is 398 g/mol. The maximum Gasteiger partial charge on any atom is 0.255 e. The Hall–Kier alpha value is -2.37. The van der Waals surface area contributed by atoms with Gasteiger partial charge in [-0.2, -0.15) is 0 Å². The van der Waals surface area contributed by atoms with Gasteiger partial charge in [0.15, 0.2) is 0 Å². The largest absolute Gasteiger partial charge is 0.368 e. The van der Waals surface area contributed by atoms with E-state index < -0.39 is 11.9 Å². The molecule has 1 aliphatic heterocycles. The molecule has 1 unspecified atom stereocenters. The summed E-state index contributed by atoms with van der Waals surface area (Å²) < 4.78 is 0. The normalized spacial score (nSPS) is 19.8. The van der Waals surface area contributed by atoms with Crippen molar-refractivity contribution in [3.63, 3.8) is 0 Å². The molecular formula is C22H24ClN3O2. The topological polar surface area (TPSA) is 66.6 Å². The Morgan fingerprint density at radius 1 is 1.25 bits per heavy atom. The highest BCUT2D eigenvalue weighted by molar-refractivity contribution is 6.31. The minimum absolute atomic E-state index is 0.185. The number of likely N-dealkylation sites (N-methyl/N-ethyl adjacent to an activating group) is 1. The number of nitrogens with zero attached hydrogens (tertiary/aromatic N) is 2. The first kappa shape index (κ1) is 19.0. The van der Waals surface area contributed by atoms with Gasteiger partial charge in [0, 0.05) is 29.1 Å². The van der Waals surface area contributed by atoms with E-state index in [1.54, 1.807) is 23.1 Å². The van der Waals surface area contributed by atoms with Crippen molar-refractivity contribution in [2.24, 2.45) is 5.73 Å². The average Bonchev–Trinajstić information content (AvgIpc) is 3.35. The van der Waals surface area contributed by atoms with Gasteiger partial charge in [0.1, 0.15) is 6.04 Å². The maximum atomic E-state index is 12.9. The van der Waals surface area contributed by atoms with Crippen LogP contribution in [0.1, 0.15) is 45.9 Å². The van der Waals surface area contributed by atoms with Gasteiger partial charge in [-0.3, -0.25) is 9.59 Å². The smallest absolute Gasteiger partial charge is 0.255 e. The molecule has 2 aromatic rings. The molecule has 0 spiro atoms. The highest BCUT2D eigenvalue weighted by atomic mass is 35.5. The van der Waals surface area contributed by atoms with Crippen LogP contribution in [0, 0.1) is 0 Å². The van der Waals surface area contributed by atoms with Gasteiger partial charge in [-0.15, -0.1) is 0 Å². The Morgan fingerprint density at radius 3 is 2.64 bits per heavy atom. The molecular weight excluding hydrogens is 374 g/mol. The molecule has 0 radical (unpaired) electrons. The van der Waals surface area contributed by atoms with Crippen LogP contribution >= 0.6 is 11.6 Å². The van der Waals surface area contributed by atoms with Gasteiger partial charge in [0.2, 0.25) is 5.91 Å². The van der Waals surface area contributed by atoms with Crippen LogP contribution in [0.3, 0.4) is 0 Å². The fourth-order valence-electron chi connectivity index (χ4n) is 4.35. The number of fused-ring (bicyclic) bond motifs is 1. The van der Waals surface area contributed by atoms with Crippen molar-refractivity contribution < 1.29 is 9.59 Å². The number of hydrogen-bond acceptors (Lipinski definition) is 3. The van der Waals surface area contributed by atoms with Crippen molar-refractivity contribution >= 4 is 23.4 Å². The first-order chi connectivity index (χ1) is 13.3. The number of benzene rings is 2. The Morgan fingerprint density at radius 2 is 2.00 bits per heavy atom. The lowest BCUT2D eigenvalue weighted by Crippen LogP contribution is -2.35. The van der Waals surface area contributed by atoms with Gasteiger partial charge >= 0.3 is 0 Å². The number of halogens is 1. The lowest BCUT2D eigenvalue weighted by atomic mass is 9.93. The van der Waals surface area contributed by atoms with E-state index >= 15 is 0 Å². The molecule has 2 aliphatic rings. The standard InChI is InChI=1S/C22H24ClN3O2/c1-25(2)13-22(8-9-22)15-5-3-4-14(10-15)12-26-19(20(24)27)18-11-16(23)6-7-17(18)21(26)28/h3-7,10-11,19H,8-9,12-13H2,1-2H3,(H2,24,27). The molecule has 5 nitrogen and oxygen atoms in total. The van der Waals surface area contributed by atoms with E-state index in [0.29, 0.717) is 22.7 Å². The zero-order chi connectivity index (χ0) is 20.1. The zero-order valence-electron chi connectivity index (χ0n) is 16.1. The predicted octanol–water partition coefficient (Wildman–Crippen LogP) is 3.12. The van der Waals surface area contributed by atoms with E-state index in [0.717, 1.165) is 12.1 Å². The van der Waals surface area contributed by atoms with E-state index in [-0.39, 0.29) is 11.3 Å². The molecule has 0 aromatic heterocycles. The summed E-state index contributed by atoms with van der Waals surface area (Å²) in [5.41, 5.74) is 9.23. The third kappa shape index (κ3) is 3.29. The van der Waals surface area contributed by atoms with Crippen molar-refractivity contribution in [2.45, 2.75) is 30.8 Å². The van der Waals surface area contributed by atoms with Crippen molar-refractivity contribution in [2.75, 3.05) is 20.6 Å². The van der Waals surface area contributed by atoms with E-state index in [4.69, 9.17) is 17.3 Å². The third-order valence-corrected chi connectivity index (χ3v) is 5.98. The summed E-state index contributed by atoms with van der Waals surface area (Å²) in [6.07, 6.45) is 2.34. The van der Waals surface area contributed by atoms with E-state index in [9.17, 15) is 9.59 Å². The number of carbonyl (C=O) groups excluding carboxylic acids is 2. The Bertz CT molecular complexity index is 953. The second-order valence-electron chi connectivity index (χ2n) is 8.19. The van der Waals surface area contributed by atoms with Crippen LogP contribution in [-0.2, 0) is 16.8 Å². The number of hydrogen-bond donors (Lipinski definition) is 1. The van der Waals surface area contributed by atoms with E-state index in [1.165, 1.54) is 18.4 Å². The Labute approximate surface area is 170 Å². The Kier molecular flexibility index (Phi) is 4.68. The Balaban J connectivity index is 1.63. The molecule has 1 aliphatic carbocycles. The summed E-state index contributed by atoms with van der Waals surface area (Å²) in [5, 5.41) is 0.487. The molecule has 2 N–H and O–H groups in total. The maximum absolute atomic E-state index is 12.9. The van der Waals surface area contributed by atoms with Crippen molar-refractivity contribution in [3.8, 4) is 0 Å². The van der Waals surface area contributed by atoms with Gasteiger partial charge in [-0.1, -0.05) is 35.9 Å². The number of rotatable bonds is 6. The molecule has 1 saturated carbocycles. The molecule has 28 heavy (non-hydrogen) atoms. The molecule has 2 amide bonds. The second kappa shape index (κ2) is 6.90. The third-order valence-electron chi connectivity index (χ3n) is 5.75. The van der Waals surface area contributed by atoms with Gasteiger partial charge in [0.05, 0.1) is 0 Å². The summed E-state index contributed by atoms with van der Waals surface area (Å²) in [6, 6.07) is 12.6. The van der Waals surface area contributed by atoms with Crippen LogP contribution in [0.4, 0.5) is 0 Å². The highest BCUT2D eigenvalue weighted by Crippen LogP contribution is 2.48. The lowest BCUT2D eigenvalue weighted by molar-refractivity contribution is -0.122. The van der Waals surface area contributed by atoms with Crippen LogP contribution in [0.5, 0.6) is 0 Å². The monoisotopic (exact) mass is 397 g/mol. The number of carbonyl (C=O) groups is 2. The SMILES string of the molecule is CN(C)CC1(c2cccc(CN3C(=O)c4ccc(Cl)cc4C3C(N)=O)c2)CC1. The van der Waals surface area contributed by atoms with Crippen LogP contribution in [0.25, 0.3) is 0 Å². The minimum Gasteiger partial charge on any atom is -0.368 e. The number of amides is 2. The molecule has 0 saturated heterocycles. The summed E-state index contributed by atoms with van der Waals surface area (Å²) in [6.45, 7) is 1.34. The number of primary amides is 1. The summed E-state index contributed by atoms with van der Waals surface area (Å²) in [7, 11) is 4.18. The van der Waals surface area contributed by atoms with Gasteiger partial charge in [-0.05, 0) is 61.8 Å². The van der Waals surface area contributed by atoms with Crippen LogP contribution in [0.2, 0.25) is 5.02 Å². The van der Waals surface area contributed by atoms with E-state index in [1.807, 2.05) is 12.1 Å². The lowest BCUT2D eigenvalue weighted by Gasteiger charge is -2.25. The first-order valence-electron chi connectivity index (χ1n) is 9.45. The van der Waals surface area contributed by atoms with Crippen molar-refractivity contribution in [1.29, 1.82) is 0 Å². The van der Waals surface area contributed by atoms with Crippen LogP contribution in [0.15, 0.2) is 42.5 Å². The molecule has 2 aromatic carbocycles. The molecule has 1 atom stereocenters. The fourth-order valence-corrected chi connectivity index (χ4v) is 4.54.